The molecule has 30 heavy (non-hydrogen) atoms. The Balaban J connectivity index is 1.61. The first-order valence-corrected chi connectivity index (χ1v) is 9.47. The number of nitrogens with zero attached hydrogens (tertiary/aromatic N) is 2. The van der Waals surface area contributed by atoms with Gasteiger partial charge in [0.15, 0.2) is 10.9 Å². The highest BCUT2D eigenvalue weighted by Gasteiger charge is 2.30. The number of Topliss-reactive ketones (excluding diaryl/α,β-unsaturated/α-hetero) is 1. The van der Waals surface area contributed by atoms with Crippen LogP contribution in [0.4, 0.5) is 24.7 Å². The van der Waals surface area contributed by atoms with Crippen LogP contribution in [0.1, 0.15) is 26.3 Å². The molecule has 0 aliphatic rings. The van der Waals surface area contributed by atoms with Crippen LogP contribution in [0.3, 0.4) is 0 Å². The molecule has 10 heteroatoms. The van der Waals surface area contributed by atoms with Crippen LogP contribution < -0.4 is 5.32 Å². The maximum Gasteiger partial charge on any atom is 0.416 e. The van der Waals surface area contributed by atoms with Crippen LogP contribution in [-0.4, -0.2) is 32.6 Å². The number of thioether (sulfide) groups is 1. The van der Waals surface area contributed by atoms with E-state index >= 15 is 0 Å². The number of carboxylic acids is 1. The predicted octanol–water partition coefficient (Wildman–Crippen LogP) is 4.91. The van der Waals surface area contributed by atoms with Gasteiger partial charge in [0, 0.05) is 17.4 Å². The number of rotatable bonds is 7. The first-order chi connectivity index (χ1) is 14.2. The van der Waals surface area contributed by atoms with Crippen molar-refractivity contribution in [1.82, 2.24) is 9.97 Å². The number of carbonyl (C=O) groups excluding carboxylic acids is 1. The van der Waals surface area contributed by atoms with E-state index in [1.165, 1.54) is 18.3 Å². The lowest BCUT2D eigenvalue weighted by Crippen LogP contribution is -2.07. The number of aromatic carboxylic acids is 1. The number of anilines is 2. The molecule has 0 aliphatic carbocycles. The Morgan fingerprint density at radius 2 is 1.60 bits per heavy atom. The topological polar surface area (TPSA) is 92.2 Å². The number of carbonyl (C=O) groups is 2. The van der Waals surface area contributed by atoms with Crippen molar-refractivity contribution < 1.29 is 27.9 Å². The number of aromatic nitrogens is 2. The zero-order valence-corrected chi connectivity index (χ0v) is 16.0. The highest BCUT2D eigenvalue weighted by atomic mass is 32.2. The lowest BCUT2D eigenvalue weighted by Gasteiger charge is -2.08. The van der Waals surface area contributed by atoms with Crippen molar-refractivity contribution in [3.8, 4) is 0 Å². The second-order valence-corrected chi connectivity index (χ2v) is 6.96. The summed E-state index contributed by atoms with van der Waals surface area (Å²) in [5, 5.41) is 12.2. The Labute approximate surface area is 173 Å². The van der Waals surface area contributed by atoms with Crippen molar-refractivity contribution in [2.45, 2.75) is 11.3 Å². The van der Waals surface area contributed by atoms with Crippen molar-refractivity contribution >= 4 is 35.0 Å². The normalized spacial score (nSPS) is 11.2. The van der Waals surface area contributed by atoms with E-state index in [1.807, 2.05) is 0 Å². The van der Waals surface area contributed by atoms with Crippen molar-refractivity contribution in [3.05, 3.63) is 77.5 Å². The molecular weight excluding hydrogens is 419 g/mol. The van der Waals surface area contributed by atoms with E-state index in [0.717, 1.165) is 36.0 Å². The minimum absolute atomic E-state index is 0.0396. The fraction of sp³-hybridized carbons (Fsp3) is 0.100. The number of halogens is 3. The molecule has 0 atom stereocenters. The molecule has 0 fully saturated rings. The van der Waals surface area contributed by atoms with Gasteiger partial charge in [-0.25, -0.2) is 14.8 Å². The third-order valence-corrected chi connectivity index (χ3v) is 4.77. The summed E-state index contributed by atoms with van der Waals surface area (Å²) in [6.45, 7) is 0. The van der Waals surface area contributed by atoms with E-state index in [4.69, 9.17) is 5.11 Å². The van der Waals surface area contributed by atoms with Gasteiger partial charge in [-0.3, -0.25) is 4.79 Å². The Morgan fingerprint density at radius 1 is 0.967 bits per heavy atom. The molecule has 2 aromatic carbocycles. The lowest BCUT2D eigenvalue weighted by molar-refractivity contribution is -0.137. The van der Waals surface area contributed by atoms with Crippen molar-refractivity contribution in [2.75, 3.05) is 11.1 Å². The van der Waals surface area contributed by atoms with Gasteiger partial charge in [-0.1, -0.05) is 23.9 Å². The summed E-state index contributed by atoms with van der Waals surface area (Å²) in [7, 11) is 0. The first kappa shape index (κ1) is 21.3. The summed E-state index contributed by atoms with van der Waals surface area (Å²) in [5.41, 5.74) is 0.130. The van der Waals surface area contributed by atoms with Gasteiger partial charge in [0.25, 0.3) is 0 Å². The molecular formula is C20H14F3N3O3S. The summed E-state index contributed by atoms with van der Waals surface area (Å²) in [6, 6.07) is 11.7. The molecule has 3 rings (SSSR count). The number of alkyl halides is 3. The van der Waals surface area contributed by atoms with E-state index in [9.17, 15) is 22.8 Å². The molecule has 0 bridgehead atoms. The van der Waals surface area contributed by atoms with Gasteiger partial charge < -0.3 is 10.4 Å². The quantitative estimate of drug-likeness (QED) is 0.311. The third-order valence-electron chi connectivity index (χ3n) is 3.90. The van der Waals surface area contributed by atoms with E-state index < -0.39 is 17.7 Å². The Morgan fingerprint density at radius 3 is 2.20 bits per heavy atom. The molecule has 1 heterocycles. The van der Waals surface area contributed by atoms with E-state index in [0.29, 0.717) is 16.7 Å². The number of hydrogen-bond acceptors (Lipinski definition) is 6. The summed E-state index contributed by atoms with van der Waals surface area (Å²) in [6.07, 6.45) is -2.96. The summed E-state index contributed by atoms with van der Waals surface area (Å²) in [4.78, 5) is 31.4. The standard InChI is InChI=1S/C20H14F3N3O3S/c21-20(22,23)14-5-1-12(2-6-14)16(27)11-30-19-24-10-9-17(26-19)25-15-7-3-13(4-8-15)18(28)29/h1-10H,11H2,(H,28,29)(H,24,25,26). The average molecular weight is 433 g/mol. The molecule has 0 saturated carbocycles. The van der Waals surface area contributed by atoms with E-state index in [1.54, 1.807) is 18.2 Å². The van der Waals surface area contributed by atoms with Gasteiger partial charge in [0.05, 0.1) is 16.9 Å². The van der Waals surface area contributed by atoms with Crippen LogP contribution in [0.2, 0.25) is 0 Å². The van der Waals surface area contributed by atoms with Gasteiger partial charge in [-0.2, -0.15) is 13.2 Å². The second-order valence-electron chi connectivity index (χ2n) is 6.02. The lowest BCUT2D eigenvalue weighted by atomic mass is 10.1. The van der Waals surface area contributed by atoms with Crippen LogP contribution in [0, 0.1) is 0 Å². The molecule has 0 aliphatic heterocycles. The highest BCUT2D eigenvalue weighted by Crippen LogP contribution is 2.29. The van der Waals surface area contributed by atoms with Crippen molar-refractivity contribution in [3.63, 3.8) is 0 Å². The molecule has 3 aromatic rings. The van der Waals surface area contributed by atoms with Gasteiger partial charge in [0.1, 0.15) is 5.82 Å². The maximum atomic E-state index is 12.6. The first-order valence-electron chi connectivity index (χ1n) is 8.49. The van der Waals surface area contributed by atoms with E-state index in [-0.39, 0.29) is 22.7 Å². The minimum Gasteiger partial charge on any atom is -0.478 e. The zero-order valence-electron chi connectivity index (χ0n) is 15.2. The van der Waals surface area contributed by atoms with Crippen LogP contribution >= 0.6 is 11.8 Å². The average Bonchev–Trinajstić information content (AvgIpc) is 2.72. The van der Waals surface area contributed by atoms with Gasteiger partial charge in [-0.15, -0.1) is 0 Å². The molecule has 0 saturated heterocycles. The molecule has 154 valence electrons. The van der Waals surface area contributed by atoms with E-state index in [2.05, 4.69) is 15.3 Å². The number of benzene rings is 2. The van der Waals surface area contributed by atoms with Crippen LogP contribution in [0.15, 0.2) is 66.0 Å². The molecule has 0 spiro atoms. The maximum absolute atomic E-state index is 12.6. The molecule has 6 nitrogen and oxygen atoms in total. The van der Waals surface area contributed by atoms with Gasteiger partial charge in [0.2, 0.25) is 0 Å². The molecule has 0 unspecified atom stereocenters. The smallest absolute Gasteiger partial charge is 0.416 e. The predicted molar refractivity (Wildman–Crippen MR) is 105 cm³/mol. The molecule has 0 radical (unpaired) electrons. The summed E-state index contributed by atoms with van der Waals surface area (Å²) >= 11 is 1.05. The minimum atomic E-state index is -4.45. The number of nitrogens with one attached hydrogen (secondary N) is 1. The highest BCUT2D eigenvalue weighted by molar-refractivity contribution is 7.99. The molecule has 2 N–H and O–H groups in total. The number of hydrogen-bond donors (Lipinski definition) is 2. The van der Waals surface area contributed by atoms with Crippen LogP contribution in [-0.2, 0) is 6.18 Å². The number of carboxylic acid groups (broad SMARTS) is 1. The number of ketones is 1. The second kappa shape index (κ2) is 8.95. The fourth-order valence-electron chi connectivity index (χ4n) is 2.38. The SMILES string of the molecule is O=C(O)c1ccc(Nc2ccnc(SCC(=O)c3ccc(C(F)(F)F)cc3)n2)cc1. The van der Waals surface area contributed by atoms with Gasteiger partial charge in [-0.05, 0) is 42.5 Å². The fourth-order valence-corrected chi connectivity index (χ4v) is 3.11. The summed E-state index contributed by atoms with van der Waals surface area (Å²) in [5.74, 6) is -0.972. The van der Waals surface area contributed by atoms with Crippen molar-refractivity contribution in [2.24, 2.45) is 0 Å². The van der Waals surface area contributed by atoms with Crippen LogP contribution in [0.5, 0.6) is 0 Å². The Kier molecular flexibility index (Phi) is 6.36. The zero-order chi connectivity index (χ0) is 21.7. The monoisotopic (exact) mass is 433 g/mol. The molecule has 0 amide bonds. The summed E-state index contributed by atoms with van der Waals surface area (Å²) < 4.78 is 37.8. The van der Waals surface area contributed by atoms with Crippen LogP contribution in [0.25, 0.3) is 0 Å². The third kappa shape index (κ3) is 5.57. The van der Waals surface area contributed by atoms with Gasteiger partial charge >= 0.3 is 12.1 Å². The largest absolute Gasteiger partial charge is 0.478 e. The molecule has 1 aromatic heterocycles. The Hall–Kier alpha value is -3.40. The van der Waals surface area contributed by atoms with Crippen molar-refractivity contribution in [1.29, 1.82) is 0 Å². The Bertz CT molecular complexity index is 1060.